The molecule has 5 nitrogen and oxygen atoms in total. The first-order valence-corrected chi connectivity index (χ1v) is 17.3. The smallest absolute Gasteiger partial charge is 0.249 e. The van der Waals surface area contributed by atoms with Gasteiger partial charge in [-0.1, -0.05) is 147 Å². The fraction of sp³-hybridized carbons (Fsp3) is 0.806. The molecule has 0 aliphatic rings. The van der Waals surface area contributed by atoms with Crippen LogP contribution in [0.3, 0.4) is 0 Å². The van der Waals surface area contributed by atoms with Crippen LogP contribution >= 0.6 is 0 Å². The van der Waals surface area contributed by atoms with Gasteiger partial charge in [-0.15, -0.1) is 0 Å². The van der Waals surface area contributed by atoms with Gasteiger partial charge in [0.15, 0.2) is 0 Å². The first kappa shape index (κ1) is 39.6. The lowest BCUT2D eigenvalue weighted by atomic mass is 10.0. The van der Waals surface area contributed by atoms with Crippen LogP contribution in [0, 0.1) is 0 Å². The zero-order valence-electron chi connectivity index (χ0n) is 26.9. The Morgan fingerprint density at radius 3 is 1.59 bits per heavy atom. The summed E-state index contributed by atoms with van der Waals surface area (Å²) < 4.78 is 0. The Morgan fingerprint density at radius 2 is 1.05 bits per heavy atom. The van der Waals surface area contributed by atoms with Gasteiger partial charge in [-0.05, 0) is 51.4 Å². The van der Waals surface area contributed by atoms with E-state index in [0.717, 1.165) is 44.9 Å². The van der Waals surface area contributed by atoms with Crippen molar-refractivity contribution in [2.75, 3.05) is 6.61 Å². The second-order valence-electron chi connectivity index (χ2n) is 11.7. The van der Waals surface area contributed by atoms with Crippen molar-refractivity contribution in [1.29, 1.82) is 0 Å². The standard InChI is InChI=1S/C36H67NO4/c1-3-5-7-9-11-13-15-16-17-18-19-21-23-25-27-29-31-35(40)36(41)37-33(32-38)34(39)30-28-26-24-22-20-14-12-10-8-6-4-2/h11,13,16-17,28,30,33-35,38-40H,3-10,12,14-15,18-27,29,31-32H2,1-2H3,(H,37,41)/b13-11-,17-16-,30-28+. The van der Waals surface area contributed by atoms with E-state index in [1.807, 2.05) is 6.08 Å². The van der Waals surface area contributed by atoms with Crippen LogP contribution in [0.25, 0.3) is 0 Å². The molecule has 0 bridgehead atoms. The molecule has 0 saturated carbocycles. The molecule has 5 heteroatoms. The minimum absolute atomic E-state index is 0.368. The molecule has 1 amide bonds. The van der Waals surface area contributed by atoms with Gasteiger partial charge in [-0.2, -0.15) is 0 Å². The molecule has 240 valence electrons. The van der Waals surface area contributed by atoms with Crippen molar-refractivity contribution in [3.8, 4) is 0 Å². The summed E-state index contributed by atoms with van der Waals surface area (Å²) in [6.07, 6.45) is 37.2. The predicted octanol–water partition coefficient (Wildman–Crippen LogP) is 8.87. The molecule has 0 heterocycles. The fourth-order valence-electron chi connectivity index (χ4n) is 4.92. The second kappa shape index (κ2) is 31.5. The summed E-state index contributed by atoms with van der Waals surface area (Å²) in [6.45, 7) is 4.11. The number of carbonyl (C=O) groups is 1. The molecule has 0 radical (unpaired) electrons. The summed E-state index contributed by atoms with van der Waals surface area (Å²) in [5.74, 6) is -0.516. The van der Waals surface area contributed by atoms with Crippen LogP contribution in [-0.2, 0) is 4.79 Å². The van der Waals surface area contributed by atoms with Crippen molar-refractivity contribution in [3.05, 3.63) is 36.5 Å². The van der Waals surface area contributed by atoms with Crippen molar-refractivity contribution in [2.24, 2.45) is 0 Å². The zero-order valence-corrected chi connectivity index (χ0v) is 26.9. The third kappa shape index (κ3) is 27.2. The highest BCUT2D eigenvalue weighted by atomic mass is 16.3. The molecule has 3 atom stereocenters. The molecule has 0 aromatic rings. The zero-order chi connectivity index (χ0) is 30.2. The first-order valence-electron chi connectivity index (χ1n) is 17.3. The summed E-state index contributed by atoms with van der Waals surface area (Å²) in [5.41, 5.74) is 0. The minimum atomic E-state index is -1.10. The Morgan fingerprint density at radius 1 is 0.610 bits per heavy atom. The van der Waals surface area contributed by atoms with E-state index in [2.05, 4.69) is 43.5 Å². The van der Waals surface area contributed by atoms with Gasteiger partial charge in [0.1, 0.15) is 6.10 Å². The molecule has 0 aliphatic heterocycles. The highest BCUT2D eigenvalue weighted by molar-refractivity contribution is 5.80. The van der Waals surface area contributed by atoms with E-state index in [-0.39, 0.29) is 6.61 Å². The molecule has 0 saturated heterocycles. The van der Waals surface area contributed by atoms with E-state index in [4.69, 9.17) is 0 Å². The van der Waals surface area contributed by atoms with E-state index in [1.165, 1.54) is 96.3 Å². The lowest BCUT2D eigenvalue weighted by Crippen LogP contribution is -2.48. The van der Waals surface area contributed by atoms with E-state index in [0.29, 0.717) is 6.42 Å². The predicted molar refractivity (Wildman–Crippen MR) is 176 cm³/mol. The van der Waals surface area contributed by atoms with Crippen molar-refractivity contribution in [2.45, 2.75) is 180 Å². The number of hydrogen-bond acceptors (Lipinski definition) is 4. The van der Waals surface area contributed by atoms with Gasteiger partial charge in [0, 0.05) is 0 Å². The lowest BCUT2D eigenvalue weighted by molar-refractivity contribution is -0.131. The highest BCUT2D eigenvalue weighted by Crippen LogP contribution is 2.12. The van der Waals surface area contributed by atoms with Crippen molar-refractivity contribution in [3.63, 3.8) is 0 Å². The van der Waals surface area contributed by atoms with Crippen LogP contribution in [0.4, 0.5) is 0 Å². The van der Waals surface area contributed by atoms with E-state index in [1.54, 1.807) is 6.08 Å². The lowest BCUT2D eigenvalue weighted by Gasteiger charge is -2.21. The second-order valence-corrected chi connectivity index (χ2v) is 11.7. The van der Waals surface area contributed by atoms with Gasteiger partial charge < -0.3 is 20.6 Å². The monoisotopic (exact) mass is 578 g/mol. The topological polar surface area (TPSA) is 89.8 Å². The van der Waals surface area contributed by atoms with Crippen LogP contribution in [0.5, 0.6) is 0 Å². The quantitative estimate of drug-likeness (QED) is 0.0507. The molecule has 0 spiro atoms. The molecule has 4 N–H and O–H groups in total. The number of rotatable bonds is 30. The van der Waals surface area contributed by atoms with Crippen LogP contribution in [0.15, 0.2) is 36.5 Å². The summed E-state index contributed by atoms with van der Waals surface area (Å²) >= 11 is 0. The van der Waals surface area contributed by atoms with E-state index < -0.39 is 24.2 Å². The third-order valence-electron chi connectivity index (χ3n) is 7.73. The number of aliphatic hydroxyl groups is 3. The summed E-state index contributed by atoms with van der Waals surface area (Å²) in [5, 5.41) is 32.8. The van der Waals surface area contributed by atoms with Gasteiger partial charge >= 0.3 is 0 Å². The molecule has 0 aromatic carbocycles. The molecule has 41 heavy (non-hydrogen) atoms. The minimum Gasteiger partial charge on any atom is -0.394 e. The molecule has 0 fully saturated rings. The number of aliphatic hydroxyl groups excluding tert-OH is 3. The largest absolute Gasteiger partial charge is 0.394 e. The number of allylic oxidation sites excluding steroid dienone is 5. The average molecular weight is 578 g/mol. The normalized spacial score (nSPS) is 14.4. The number of nitrogens with one attached hydrogen (secondary N) is 1. The Labute approximate surface area is 254 Å². The molecule has 0 aromatic heterocycles. The van der Waals surface area contributed by atoms with Gasteiger partial charge in [0.2, 0.25) is 5.91 Å². The maximum absolute atomic E-state index is 12.3. The Hall–Kier alpha value is -1.43. The van der Waals surface area contributed by atoms with Gasteiger partial charge in [-0.25, -0.2) is 0 Å². The number of amides is 1. The number of carbonyl (C=O) groups excluding carboxylic acids is 1. The van der Waals surface area contributed by atoms with Crippen molar-refractivity contribution in [1.82, 2.24) is 5.32 Å². The molecular weight excluding hydrogens is 510 g/mol. The summed E-state index contributed by atoms with van der Waals surface area (Å²) in [7, 11) is 0. The number of hydrogen-bond donors (Lipinski definition) is 4. The van der Waals surface area contributed by atoms with Crippen LogP contribution in [0.2, 0.25) is 0 Å². The van der Waals surface area contributed by atoms with Gasteiger partial charge in [-0.3, -0.25) is 4.79 Å². The fourth-order valence-corrected chi connectivity index (χ4v) is 4.92. The Bertz CT molecular complexity index is 645. The van der Waals surface area contributed by atoms with Gasteiger partial charge in [0.25, 0.3) is 0 Å². The maximum Gasteiger partial charge on any atom is 0.249 e. The summed E-state index contributed by atoms with van der Waals surface area (Å²) in [4.78, 5) is 12.3. The average Bonchev–Trinajstić information content (AvgIpc) is 2.98. The first-order chi connectivity index (χ1) is 20.1. The van der Waals surface area contributed by atoms with E-state index in [9.17, 15) is 20.1 Å². The Balaban J connectivity index is 3.80. The molecule has 3 unspecified atom stereocenters. The molecule has 0 rings (SSSR count). The van der Waals surface area contributed by atoms with Crippen molar-refractivity contribution >= 4 is 5.91 Å². The summed E-state index contributed by atoms with van der Waals surface area (Å²) in [6, 6.07) is -0.799. The third-order valence-corrected chi connectivity index (χ3v) is 7.73. The van der Waals surface area contributed by atoms with Crippen molar-refractivity contribution < 1.29 is 20.1 Å². The molecule has 0 aliphatic carbocycles. The Kier molecular flexibility index (Phi) is 30.4. The van der Waals surface area contributed by atoms with Crippen LogP contribution < -0.4 is 5.32 Å². The van der Waals surface area contributed by atoms with Crippen LogP contribution in [0.1, 0.15) is 162 Å². The van der Waals surface area contributed by atoms with Gasteiger partial charge in [0.05, 0.1) is 18.8 Å². The highest BCUT2D eigenvalue weighted by Gasteiger charge is 2.22. The van der Waals surface area contributed by atoms with E-state index >= 15 is 0 Å². The SMILES string of the molecule is CCCCC/C=C\C/C=C\CCCCCCCCC(O)C(=O)NC(CO)C(O)/C=C/CCCCCCCCCCC. The van der Waals surface area contributed by atoms with Crippen LogP contribution in [-0.4, -0.2) is 46.1 Å². The number of unbranched alkanes of at least 4 members (excludes halogenated alkanes) is 18. The molecular formula is C36H67NO4. The maximum atomic E-state index is 12.3.